The molecule has 0 unspecified atom stereocenters. The van der Waals surface area contributed by atoms with Gasteiger partial charge in [0.05, 0.1) is 0 Å². The van der Waals surface area contributed by atoms with Crippen molar-refractivity contribution in [2.45, 2.75) is 20.4 Å². The largest absolute Gasteiger partial charge is 0.324 e. The predicted molar refractivity (Wildman–Crippen MR) is 92.8 cm³/mol. The summed E-state index contributed by atoms with van der Waals surface area (Å²) in [6.07, 6.45) is 0. The summed E-state index contributed by atoms with van der Waals surface area (Å²) in [5, 5.41) is 15.6. The van der Waals surface area contributed by atoms with E-state index in [1.54, 1.807) is 18.2 Å². The second kappa shape index (κ2) is 6.80. The third-order valence-electron chi connectivity index (χ3n) is 3.67. The summed E-state index contributed by atoms with van der Waals surface area (Å²) in [7, 11) is 0. The number of hydrogen-bond acceptors (Lipinski definition) is 4. The molecule has 0 aliphatic heterocycles. The van der Waals surface area contributed by atoms with Crippen LogP contribution < -0.4 is 5.32 Å². The minimum atomic E-state index is -0.242. The molecular weight excluding hydrogens is 326 g/mol. The lowest BCUT2D eigenvalue weighted by molar-refractivity contribution is -0.117. The Balaban J connectivity index is 1.72. The van der Waals surface area contributed by atoms with E-state index in [0.29, 0.717) is 16.5 Å². The molecule has 1 aromatic heterocycles. The molecule has 0 aliphatic carbocycles. The van der Waals surface area contributed by atoms with Crippen LogP contribution in [0.1, 0.15) is 11.1 Å². The van der Waals surface area contributed by atoms with Crippen LogP contribution in [0.4, 0.5) is 5.69 Å². The van der Waals surface area contributed by atoms with Crippen LogP contribution >= 0.6 is 11.6 Å². The molecule has 1 amide bonds. The number of aryl methyl sites for hydroxylation is 1. The summed E-state index contributed by atoms with van der Waals surface area (Å²) >= 11 is 6.05. The Hall–Kier alpha value is -2.73. The predicted octanol–water partition coefficient (Wildman–Crippen LogP) is 3.25. The van der Waals surface area contributed by atoms with Crippen molar-refractivity contribution in [3.8, 4) is 11.4 Å². The van der Waals surface area contributed by atoms with Crippen LogP contribution in [0.2, 0.25) is 5.02 Å². The Morgan fingerprint density at radius 2 is 1.96 bits per heavy atom. The molecule has 0 saturated heterocycles. The molecule has 0 aliphatic rings. The van der Waals surface area contributed by atoms with Gasteiger partial charge in [-0.2, -0.15) is 4.80 Å². The number of nitrogens with one attached hydrogen (secondary N) is 1. The molecule has 2 aromatic carbocycles. The molecule has 6 nitrogen and oxygen atoms in total. The summed E-state index contributed by atoms with van der Waals surface area (Å²) in [6, 6.07) is 13.1. The van der Waals surface area contributed by atoms with Gasteiger partial charge in [0.25, 0.3) is 0 Å². The zero-order valence-electron chi connectivity index (χ0n) is 13.3. The number of tetrazole rings is 1. The van der Waals surface area contributed by atoms with Crippen molar-refractivity contribution in [3.63, 3.8) is 0 Å². The van der Waals surface area contributed by atoms with E-state index in [4.69, 9.17) is 11.6 Å². The van der Waals surface area contributed by atoms with Crippen LogP contribution in [-0.2, 0) is 11.3 Å². The van der Waals surface area contributed by atoms with E-state index in [2.05, 4.69) is 20.7 Å². The van der Waals surface area contributed by atoms with Gasteiger partial charge in [0, 0.05) is 16.3 Å². The highest BCUT2D eigenvalue weighted by Gasteiger charge is 2.12. The SMILES string of the molecule is Cc1ccccc1-c1nnn(CC(=O)Nc2cccc(Cl)c2C)n1. The van der Waals surface area contributed by atoms with Crippen molar-refractivity contribution >= 4 is 23.2 Å². The highest BCUT2D eigenvalue weighted by Crippen LogP contribution is 2.23. The van der Waals surface area contributed by atoms with Gasteiger partial charge in [-0.3, -0.25) is 4.79 Å². The molecule has 0 fully saturated rings. The first-order valence-electron chi connectivity index (χ1n) is 7.43. The lowest BCUT2D eigenvalue weighted by Gasteiger charge is -2.08. The number of amides is 1. The minimum absolute atomic E-state index is 0.0230. The van der Waals surface area contributed by atoms with E-state index < -0.39 is 0 Å². The van der Waals surface area contributed by atoms with Gasteiger partial charge in [0.2, 0.25) is 11.7 Å². The Morgan fingerprint density at radius 3 is 2.75 bits per heavy atom. The van der Waals surface area contributed by atoms with E-state index in [-0.39, 0.29) is 12.5 Å². The Labute approximate surface area is 144 Å². The highest BCUT2D eigenvalue weighted by molar-refractivity contribution is 6.31. The average Bonchev–Trinajstić information content (AvgIpc) is 3.00. The van der Waals surface area contributed by atoms with E-state index in [1.165, 1.54) is 4.80 Å². The molecule has 1 heterocycles. The van der Waals surface area contributed by atoms with Crippen molar-refractivity contribution < 1.29 is 4.79 Å². The number of rotatable bonds is 4. The van der Waals surface area contributed by atoms with Crippen LogP contribution in [0.25, 0.3) is 11.4 Å². The highest BCUT2D eigenvalue weighted by atomic mass is 35.5. The molecule has 3 aromatic rings. The first-order valence-corrected chi connectivity index (χ1v) is 7.81. The summed E-state index contributed by atoms with van der Waals surface area (Å²) in [5.74, 6) is 0.258. The number of anilines is 1. The normalized spacial score (nSPS) is 10.6. The van der Waals surface area contributed by atoms with E-state index in [9.17, 15) is 4.79 Å². The Morgan fingerprint density at radius 1 is 1.17 bits per heavy atom. The zero-order valence-corrected chi connectivity index (χ0v) is 14.1. The fourth-order valence-electron chi connectivity index (χ4n) is 2.30. The fourth-order valence-corrected chi connectivity index (χ4v) is 2.48. The van der Waals surface area contributed by atoms with Gasteiger partial charge in [-0.05, 0) is 42.3 Å². The lowest BCUT2D eigenvalue weighted by Crippen LogP contribution is -2.21. The quantitative estimate of drug-likeness (QED) is 0.790. The number of aromatic nitrogens is 4. The van der Waals surface area contributed by atoms with Crippen molar-refractivity contribution in [1.82, 2.24) is 20.2 Å². The second-order valence-corrected chi connectivity index (χ2v) is 5.83. The van der Waals surface area contributed by atoms with Gasteiger partial charge < -0.3 is 5.32 Å². The summed E-state index contributed by atoms with van der Waals surface area (Å²) in [5.41, 5.74) is 3.44. The van der Waals surface area contributed by atoms with Gasteiger partial charge in [-0.25, -0.2) is 0 Å². The second-order valence-electron chi connectivity index (χ2n) is 5.42. The Bertz CT molecular complexity index is 890. The third kappa shape index (κ3) is 3.44. The van der Waals surface area contributed by atoms with E-state index >= 15 is 0 Å². The van der Waals surface area contributed by atoms with Crippen molar-refractivity contribution in [2.24, 2.45) is 0 Å². The maximum absolute atomic E-state index is 12.2. The number of benzene rings is 2. The van der Waals surface area contributed by atoms with Crippen molar-refractivity contribution in [3.05, 3.63) is 58.6 Å². The minimum Gasteiger partial charge on any atom is -0.324 e. The molecule has 0 saturated carbocycles. The summed E-state index contributed by atoms with van der Waals surface area (Å²) in [6.45, 7) is 3.80. The molecule has 0 radical (unpaired) electrons. The fraction of sp³-hybridized carbons (Fsp3) is 0.176. The molecule has 122 valence electrons. The molecular formula is C17H16ClN5O. The first kappa shape index (κ1) is 16.1. The van der Waals surface area contributed by atoms with Crippen LogP contribution in [0.15, 0.2) is 42.5 Å². The van der Waals surface area contributed by atoms with Gasteiger partial charge in [0.1, 0.15) is 6.54 Å². The number of hydrogen-bond donors (Lipinski definition) is 1. The number of halogens is 1. The third-order valence-corrected chi connectivity index (χ3v) is 4.08. The topological polar surface area (TPSA) is 72.7 Å². The average molecular weight is 342 g/mol. The van der Waals surface area contributed by atoms with Crippen molar-refractivity contribution in [1.29, 1.82) is 0 Å². The van der Waals surface area contributed by atoms with Crippen LogP contribution in [0.3, 0.4) is 0 Å². The van der Waals surface area contributed by atoms with Gasteiger partial charge in [0.15, 0.2) is 0 Å². The molecule has 0 atom stereocenters. The van der Waals surface area contributed by atoms with Crippen LogP contribution in [-0.4, -0.2) is 26.1 Å². The van der Waals surface area contributed by atoms with E-state index in [1.807, 2.05) is 38.1 Å². The molecule has 7 heteroatoms. The first-order chi connectivity index (χ1) is 11.5. The molecule has 0 bridgehead atoms. The van der Waals surface area contributed by atoms with Crippen LogP contribution in [0, 0.1) is 13.8 Å². The molecule has 0 spiro atoms. The van der Waals surface area contributed by atoms with E-state index in [0.717, 1.165) is 16.7 Å². The number of carbonyl (C=O) groups excluding carboxylic acids is 1. The summed E-state index contributed by atoms with van der Waals surface area (Å²) < 4.78 is 0. The summed E-state index contributed by atoms with van der Waals surface area (Å²) in [4.78, 5) is 13.5. The smallest absolute Gasteiger partial charge is 0.248 e. The van der Waals surface area contributed by atoms with Gasteiger partial charge in [-0.1, -0.05) is 41.9 Å². The Kier molecular flexibility index (Phi) is 4.57. The standard InChI is InChI=1S/C17H16ClN5O/c1-11-6-3-4-7-13(11)17-20-22-23(21-17)10-16(24)19-15-9-5-8-14(18)12(15)2/h3-9H,10H2,1-2H3,(H,19,24). The van der Waals surface area contributed by atoms with Gasteiger partial charge in [-0.15, -0.1) is 10.2 Å². The maximum Gasteiger partial charge on any atom is 0.248 e. The number of nitrogens with zero attached hydrogens (tertiary/aromatic N) is 4. The number of carbonyl (C=O) groups is 1. The zero-order chi connectivity index (χ0) is 17.1. The van der Waals surface area contributed by atoms with Crippen LogP contribution in [0.5, 0.6) is 0 Å². The maximum atomic E-state index is 12.2. The molecule has 24 heavy (non-hydrogen) atoms. The van der Waals surface area contributed by atoms with Crippen molar-refractivity contribution in [2.75, 3.05) is 5.32 Å². The molecule has 3 rings (SSSR count). The van der Waals surface area contributed by atoms with Gasteiger partial charge >= 0.3 is 0 Å². The monoisotopic (exact) mass is 341 g/mol. The molecule has 1 N–H and O–H groups in total. The lowest BCUT2D eigenvalue weighted by atomic mass is 10.1.